The zero-order chi connectivity index (χ0) is 18.8. The van der Waals surface area contributed by atoms with Crippen molar-refractivity contribution in [2.75, 3.05) is 5.73 Å². The minimum Gasteiger partial charge on any atom is -0.368 e. The SMILES string of the molecule is Nc1nc(Cc2cccc(F)c2)nc(-c2noc(-c3ncccc3F)n2)n1. The van der Waals surface area contributed by atoms with Crippen LogP contribution < -0.4 is 5.73 Å². The first kappa shape index (κ1) is 16.6. The van der Waals surface area contributed by atoms with Crippen LogP contribution in [-0.2, 0) is 6.42 Å². The fourth-order valence-electron chi connectivity index (χ4n) is 2.40. The molecule has 8 nitrogen and oxygen atoms in total. The van der Waals surface area contributed by atoms with Crippen LogP contribution in [0.25, 0.3) is 23.2 Å². The maximum absolute atomic E-state index is 13.8. The molecule has 3 heterocycles. The molecule has 1 aromatic carbocycles. The Morgan fingerprint density at radius 1 is 0.963 bits per heavy atom. The van der Waals surface area contributed by atoms with Crippen molar-refractivity contribution < 1.29 is 13.3 Å². The van der Waals surface area contributed by atoms with Crippen molar-refractivity contribution in [1.29, 1.82) is 0 Å². The van der Waals surface area contributed by atoms with Crippen molar-refractivity contribution in [3.05, 3.63) is 65.6 Å². The van der Waals surface area contributed by atoms with Gasteiger partial charge in [-0.2, -0.15) is 15.0 Å². The summed E-state index contributed by atoms with van der Waals surface area (Å²) in [5, 5.41) is 3.75. The number of aromatic nitrogens is 6. The number of pyridine rings is 1. The summed E-state index contributed by atoms with van der Waals surface area (Å²) in [6.45, 7) is 0. The predicted octanol–water partition coefficient (Wildman–Crippen LogP) is 2.43. The van der Waals surface area contributed by atoms with Gasteiger partial charge in [0.05, 0.1) is 0 Å². The molecule has 0 aliphatic carbocycles. The molecule has 0 fully saturated rings. The Bertz CT molecular complexity index is 1120. The summed E-state index contributed by atoms with van der Waals surface area (Å²) >= 11 is 0. The molecule has 134 valence electrons. The highest BCUT2D eigenvalue weighted by Crippen LogP contribution is 2.21. The molecule has 27 heavy (non-hydrogen) atoms. The molecule has 4 aromatic rings. The number of nitrogen functional groups attached to an aromatic ring is 1. The van der Waals surface area contributed by atoms with E-state index in [9.17, 15) is 8.78 Å². The van der Waals surface area contributed by atoms with Gasteiger partial charge >= 0.3 is 0 Å². The Morgan fingerprint density at radius 2 is 1.85 bits per heavy atom. The van der Waals surface area contributed by atoms with Gasteiger partial charge in [-0.25, -0.2) is 18.7 Å². The van der Waals surface area contributed by atoms with Crippen LogP contribution in [0.1, 0.15) is 11.4 Å². The van der Waals surface area contributed by atoms with Crippen LogP contribution in [0.2, 0.25) is 0 Å². The summed E-state index contributed by atoms with van der Waals surface area (Å²) < 4.78 is 32.2. The number of nitrogens with zero attached hydrogens (tertiary/aromatic N) is 6. The number of hydrogen-bond acceptors (Lipinski definition) is 8. The van der Waals surface area contributed by atoms with Crippen LogP contribution in [-0.4, -0.2) is 30.1 Å². The monoisotopic (exact) mass is 367 g/mol. The van der Waals surface area contributed by atoms with E-state index in [-0.39, 0.29) is 41.4 Å². The lowest BCUT2D eigenvalue weighted by Crippen LogP contribution is -2.06. The topological polar surface area (TPSA) is 116 Å². The standard InChI is InChI=1S/C17H11F2N7O/c18-10-4-1-3-9(7-10)8-12-22-14(25-17(20)23-12)15-24-16(27-26-15)13-11(19)5-2-6-21-13/h1-7H,8H2,(H2,20,22,23,25). The normalized spacial score (nSPS) is 10.9. The molecule has 0 amide bonds. The molecule has 0 unspecified atom stereocenters. The fraction of sp³-hybridized carbons (Fsp3) is 0.0588. The zero-order valence-corrected chi connectivity index (χ0v) is 13.7. The predicted molar refractivity (Wildman–Crippen MR) is 89.9 cm³/mol. The van der Waals surface area contributed by atoms with E-state index in [0.29, 0.717) is 11.4 Å². The van der Waals surface area contributed by atoms with E-state index >= 15 is 0 Å². The number of benzene rings is 1. The molecule has 0 radical (unpaired) electrons. The lowest BCUT2D eigenvalue weighted by molar-refractivity contribution is 0.427. The summed E-state index contributed by atoms with van der Waals surface area (Å²) in [5.74, 6) is -0.775. The van der Waals surface area contributed by atoms with Crippen LogP contribution in [0, 0.1) is 11.6 Å². The molecule has 2 N–H and O–H groups in total. The average Bonchev–Trinajstić information content (AvgIpc) is 3.11. The quantitative estimate of drug-likeness (QED) is 0.584. The second-order valence-corrected chi connectivity index (χ2v) is 5.50. The molecule has 0 saturated heterocycles. The van der Waals surface area contributed by atoms with E-state index in [1.807, 2.05) is 0 Å². The van der Waals surface area contributed by atoms with E-state index in [0.717, 1.165) is 0 Å². The highest BCUT2D eigenvalue weighted by Gasteiger charge is 2.18. The Kier molecular flexibility index (Phi) is 4.21. The van der Waals surface area contributed by atoms with Crippen molar-refractivity contribution in [3.8, 4) is 23.2 Å². The average molecular weight is 367 g/mol. The van der Waals surface area contributed by atoms with Crippen molar-refractivity contribution in [2.45, 2.75) is 6.42 Å². The highest BCUT2D eigenvalue weighted by atomic mass is 19.1. The van der Waals surface area contributed by atoms with Crippen molar-refractivity contribution in [2.24, 2.45) is 0 Å². The number of hydrogen-bond donors (Lipinski definition) is 1. The second kappa shape index (κ2) is 6.83. The largest absolute Gasteiger partial charge is 0.368 e. The van der Waals surface area contributed by atoms with Gasteiger partial charge in [-0.15, -0.1) is 0 Å². The van der Waals surface area contributed by atoms with Gasteiger partial charge in [-0.3, -0.25) is 0 Å². The minimum absolute atomic E-state index is 0.00430. The van der Waals surface area contributed by atoms with Crippen LogP contribution in [0.5, 0.6) is 0 Å². The smallest absolute Gasteiger partial charge is 0.279 e. The van der Waals surface area contributed by atoms with Gasteiger partial charge in [0.25, 0.3) is 5.89 Å². The maximum atomic E-state index is 13.8. The summed E-state index contributed by atoms with van der Waals surface area (Å²) in [4.78, 5) is 20.2. The first-order valence-corrected chi connectivity index (χ1v) is 7.78. The maximum Gasteiger partial charge on any atom is 0.279 e. The number of anilines is 1. The Morgan fingerprint density at radius 3 is 2.67 bits per heavy atom. The molecular formula is C17H11F2N7O. The van der Waals surface area contributed by atoms with E-state index in [4.69, 9.17) is 10.3 Å². The Balaban J connectivity index is 1.67. The molecular weight excluding hydrogens is 356 g/mol. The van der Waals surface area contributed by atoms with Gasteiger partial charge in [0.15, 0.2) is 11.5 Å². The molecule has 3 aromatic heterocycles. The summed E-state index contributed by atoms with van der Waals surface area (Å²) in [7, 11) is 0. The van der Waals surface area contributed by atoms with E-state index in [2.05, 4.69) is 30.1 Å². The minimum atomic E-state index is -0.602. The third-order valence-electron chi connectivity index (χ3n) is 3.54. The highest BCUT2D eigenvalue weighted by molar-refractivity contribution is 5.52. The van der Waals surface area contributed by atoms with Crippen LogP contribution >= 0.6 is 0 Å². The third kappa shape index (κ3) is 3.59. The Hall–Kier alpha value is -3.82. The molecule has 0 aliphatic rings. The summed E-state index contributed by atoms with van der Waals surface area (Å²) in [5.41, 5.74) is 6.31. The van der Waals surface area contributed by atoms with Crippen molar-refractivity contribution in [3.63, 3.8) is 0 Å². The lowest BCUT2D eigenvalue weighted by Gasteiger charge is -2.03. The van der Waals surface area contributed by atoms with Gasteiger partial charge < -0.3 is 10.3 Å². The number of nitrogens with two attached hydrogens (primary N) is 1. The van der Waals surface area contributed by atoms with Gasteiger partial charge in [0, 0.05) is 12.6 Å². The van der Waals surface area contributed by atoms with Crippen LogP contribution in [0.3, 0.4) is 0 Å². The van der Waals surface area contributed by atoms with Crippen molar-refractivity contribution in [1.82, 2.24) is 30.1 Å². The van der Waals surface area contributed by atoms with E-state index in [1.54, 1.807) is 12.1 Å². The molecule has 0 saturated carbocycles. The van der Waals surface area contributed by atoms with E-state index in [1.165, 1.54) is 30.5 Å². The van der Waals surface area contributed by atoms with Crippen LogP contribution in [0.4, 0.5) is 14.7 Å². The third-order valence-corrected chi connectivity index (χ3v) is 3.54. The Labute approximate surface area is 151 Å². The molecule has 0 spiro atoms. The number of rotatable bonds is 4. The lowest BCUT2D eigenvalue weighted by atomic mass is 10.1. The second-order valence-electron chi connectivity index (χ2n) is 5.50. The zero-order valence-electron chi connectivity index (χ0n) is 13.7. The van der Waals surface area contributed by atoms with Gasteiger partial charge in [-0.1, -0.05) is 17.3 Å². The van der Waals surface area contributed by atoms with Gasteiger partial charge in [0.2, 0.25) is 17.6 Å². The molecule has 4 rings (SSSR count). The molecule has 10 heteroatoms. The van der Waals surface area contributed by atoms with Crippen LogP contribution in [0.15, 0.2) is 47.1 Å². The molecule has 0 atom stereocenters. The number of halogens is 2. The fourth-order valence-corrected chi connectivity index (χ4v) is 2.40. The van der Waals surface area contributed by atoms with Gasteiger partial charge in [-0.05, 0) is 29.8 Å². The van der Waals surface area contributed by atoms with E-state index < -0.39 is 5.82 Å². The first-order valence-electron chi connectivity index (χ1n) is 7.78. The molecule has 0 aliphatic heterocycles. The summed E-state index contributed by atoms with van der Waals surface area (Å²) in [6, 6.07) is 8.71. The molecule has 0 bridgehead atoms. The first-order chi connectivity index (χ1) is 13.1. The van der Waals surface area contributed by atoms with Gasteiger partial charge in [0.1, 0.15) is 11.6 Å². The van der Waals surface area contributed by atoms with Crippen molar-refractivity contribution >= 4 is 5.95 Å². The summed E-state index contributed by atoms with van der Waals surface area (Å²) in [6.07, 6.45) is 1.64.